The second-order valence-electron chi connectivity index (χ2n) is 5.46. The maximum atomic E-state index is 11.3. The van der Waals surface area contributed by atoms with Crippen molar-refractivity contribution in [1.29, 1.82) is 0 Å². The van der Waals surface area contributed by atoms with E-state index in [1.807, 2.05) is 0 Å². The highest BCUT2D eigenvalue weighted by atomic mass is 35.5. The topological polar surface area (TPSA) is 44.8 Å². The average molecular weight is 337 g/mol. The molecule has 0 spiro atoms. The van der Waals surface area contributed by atoms with Crippen molar-refractivity contribution in [1.82, 2.24) is 0 Å². The third kappa shape index (κ3) is 10.5. The number of rotatable bonds is 16. The Labute approximate surface area is 140 Å². The Morgan fingerprint density at radius 1 is 0.909 bits per heavy atom. The number of hydrogen-bond donors (Lipinski definition) is 0. The summed E-state index contributed by atoms with van der Waals surface area (Å²) in [5, 5.41) is -0.384. The van der Waals surface area contributed by atoms with Gasteiger partial charge in [0.05, 0.1) is 12.0 Å². The van der Waals surface area contributed by atoms with Gasteiger partial charge < -0.3 is 19.0 Å². The van der Waals surface area contributed by atoms with E-state index in [9.17, 15) is 4.79 Å². The molecule has 0 bridgehead atoms. The molecule has 0 radical (unpaired) electrons. The molecule has 0 heterocycles. The Hall–Kier alpha value is -0.160. The lowest BCUT2D eigenvalue weighted by atomic mass is 10.1. The molecule has 0 N–H and O–H groups in total. The van der Waals surface area contributed by atoms with Gasteiger partial charge in [-0.2, -0.15) is 0 Å². The van der Waals surface area contributed by atoms with Gasteiger partial charge >= 0.3 is 0 Å². The molecule has 4 nitrogen and oxygen atoms in total. The molecular formula is C17H33ClO4. The fraction of sp³-hybridized carbons (Fsp3) is 0.941. The lowest BCUT2D eigenvalue weighted by Crippen LogP contribution is -2.42. The van der Waals surface area contributed by atoms with Crippen LogP contribution < -0.4 is 0 Å². The van der Waals surface area contributed by atoms with Gasteiger partial charge in [0, 0.05) is 19.8 Å². The van der Waals surface area contributed by atoms with Crippen molar-refractivity contribution in [3.8, 4) is 0 Å². The first-order valence-electron chi connectivity index (χ1n) is 8.61. The zero-order valence-corrected chi connectivity index (χ0v) is 15.1. The summed E-state index contributed by atoms with van der Waals surface area (Å²) in [6.45, 7) is 8.49. The van der Waals surface area contributed by atoms with Crippen molar-refractivity contribution in [2.45, 2.75) is 76.9 Å². The van der Waals surface area contributed by atoms with E-state index in [0.717, 1.165) is 44.8 Å². The predicted octanol–water partition coefficient (Wildman–Crippen LogP) is 3.98. The maximum absolute atomic E-state index is 11.3. The molecule has 22 heavy (non-hydrogen) atoms. The molecule has 0 aromatic carbocycles. The fourth-order valence-electron chi connectivity index (χ4n) is 1.88. The quantitative estimate of drug-likeness (QED) is 0.243. The maximum Gasteiger partial charge on any atom is 0.151 e. The molecule has 0 saturated heterocycles. The van der Waals surface area contributed by atoms with Crippen molar-refractivity contribution >= 4 is 17.9 Å². The first-order chi connectivity index (χ1) is 10.7. The third-order valence-corrected chi connectivity index (χ3v) is 3.72. The van der Waals surface area contributed by atoms with Crippen LogP contribution in [0.3, 0.4) is 0 Å². The Morgan fingerprint density at radius 3 is 2.00 bits per heavy atom. The summed E-state index contributed by atoms with van der Waals surface area (Å²) in [5.41, 5.74) is 0. The van der Waals surface area contributed by atoms with Gasteiger partial charge in [0.25, 0.3) is 0 Å². The van der Waals surface area contributed by atoms with E-state index in [1.54, 1.807) is 0 Å². The summed E-state index contributed by atoms with van der Waals surface area (Å²) in [6.07, 6.45) is 5.74. The number of alkyl halides is 1. The lowest BCUT2D eigenvalue weighted by Gasteiger charge is -2.27. The van der Waals surface area contributed by atoms with E-state index in [1.165, 1.54) is 0 Å². The first-order valence-corrected chi connectivity index (χ1v) is 9.05. The second-order valence-corrected chi connectivity index (χ2v) is 6.02. The van der Waals surface area contributed by atoms with Gasteiger partial charge in [0.2, 0.25) is 0 Å². The highest BCUT2D eigenvalue weighted by Crippen LogP contribution is 2.15. The minimum Gasteiger partial charge on any atom is -0.380 e. The first kappa shape index (κ1) is 21.8. The molecule has 5 heteroatoms. The average Bonchev–Trinajstić information content (AvgIpc) is 2.53. The Kier molecular flexibility index (Phi) is 15.6. The van der Waals surface area contributed by atoms with Crippen molar-refractivity contribution in [2.75, 3.05) is 26.4 Å². The SMILES string of the molecule is CCCCOC[C@@H](Cl)[C@H](OCCCC)[C@H](C=O)OCCCC. The van der Waals surface area contributed by atoms with Crippen LogP contribution in [0.2, 0.25) is 0 Å². The van der Waals surface area contributed by atoms with E-state index in [4.69, 9.17) is 25.8 Å². The van der Waals surface area contributed by atoms with Crippen molar-refractivity contribution in [2.24, 2.45) is 0 Å². The van der Waals surface area contributed by atoms with Crippen molar-refractivity contribution in [3.63, 3.8) is 0 Å². The standard InChI is InChI=1S/C17H33ClO4/c1-4-7-10-20-14-15(18)17(22-12-9-6-3)16(13-19)21-11-8-5-2/h13,15-17H,4-12,14H2,1-3H3/t15-,16+,17+/m1/s1. The zero-order valence-electron chi connectivity index (χ0n) is 14.4. The predicted molar refractivity (Wildman–Crippen MR) is 90.7 cm³/mol. The number of ether oxygens (including phenoxy) is 3. The summed E-state index contributed by atoms with van der Waals surface area (Å²) >= 11 is 6.40. The van der Waals surface area contributed by atoms with Crippen LogP contribution in [0.1, 0.15) is 59.3 Å². The molecule has 3 atom stereocenters. The molecule has 0 aliphatic heterocycles. The largest absolute Gasteiger partial charge is 0.380 e. The summed E-state index contributed by atoms with van der Waals surface area (Å²) in [7, 11) is 0. The number of carbonyl (C=O) groups is 1. The van der Waals surface area contributed by atoms with Gasteiger partial charge in [-0.25, -0.2) is 0 Å². The smallest absolute Gasteiger partial charge is 0.151 e. The Balaban J connectivity index is 4.43. The molecule has 132 valence electrons. The summed E-state index contributed by atoms with van der Waals surface area (Å²) < 4.78 is 17.0. The van der Waals surface area contributed by atoms with Gasteiger partial charge in [0.1, 0.15) is 12.2 Å². The molecule has 0 saturated carbocycles. The lowest BCUT2D eigenvalue weighted by molar-refractivity contribution is -0.131. The molecule has 0 aliphatic rings. The van der Waals surface area contributed by atoms with Crippen LogP contribution in [-0.4, -0.2) is 50.3 Å². The third-order valence-electron chi connectivity index (χ3n) is 3.35. The zero-order chi connectivity index (χ0) is 16.6. The molecular weight excluding hydrogens is 304 g/mol. The van der Waals surface area contributed by atoms with E-state index in [2.05, 4.69) is 20.8 Å². The number of unbranched alkanes of at least 4 members (excludes halogenated alkanes) is 3. The minimum atomic E-state index is -0.624. The summed E-state index contributed by atoms with van der Waals surface area (Å²) in [4.78, 5) is 11.3. The molecule has 0 fully saturated rings. The van der Waals surface area contributed by atoms with Crippen LogP contribution in [-0.2, 0) is 19.0 Å². The van der Waals surface area contributed by atoms with E-state index < -0.39 is 12.2 Å². The second kappa shape index (κ2) is 15.7. The van der Waals surface area contributed by atoms with E-state index in [0.29, 0.717) is 26.4 Å². The molecule has 0 rings (SSSR count). The van der Waals surface area contributed by atoms with Gasteiger partial charge in [-0.15, -0.1) is 11.6 Å². The highest BCUT2D eigenvalue weighted by molar-refractivity contribution is 6.21. The summed E-state index contributed by atoms with van der Waals surface area (Å²) in [5.74, 6) is 0. The van der Waals surface area contributed by atoms with E-state index in [-0.39, 0.29) is 5.38 Å². The van der Waals surface area contributed by atoms with Crippen LogP contribution in [0.5, 0.6) is 0 Å². The van der Waals surface area contributed by atoms with Gasteiger partial charge in [-0.1, -0.05) is 40.0 Å². The number of hydrogen-bond acceptors (Lipinski definition) is 4. The molecule has 0 amide bonds. The van der Waals surface area contributed by atoms with Crippen LogP contribution in [0.4, 0.5) is 0 Å². The number of halogens is 1. The van der Waals surface area contributed by atoms with Crippen LogP contribution in [0.25, 0.3) is 0 Å². The monoisotopic (exact) mass is 336 g/mol. The Morgan fingerprint density at radius 2 is 1.45 bits per heavy atom. The minimum absolute atomic E-state index is 0.375. The number of aldehydes is 1. The number of carbonyl (C=O) groups excluding carboxylic acids is 1. The summed E-state index contributed by atoms with van der Waals surface area (Å²) in [6, 6.07) is 0. The fourth-order valence-corrected chi connectivity index (χ4v) is 2.19. The molecule has 0 unspecified atom stereocenters. The van der Waals surface area contributed by atoms with Gasteiger partial charge in [0.15, 0.2) is 6.29 Å². The van der Waals surface area contributed by atoms with E-state index >= 15 is 0 Å². The normalized spacial score (nSPS) is 15.5. The van der Waals surface area contributed by atoms with Gasteiger partial charge in [-0.3, -0.25) is 0 Å². The highest BCUT2D eigenvalue weighted by Gasteiger charge is 2.30. The van der Waals surface area contributed by atoms with Gasteiger partial charge in [-0.05, 0) is 19.3 Å². The molecule has 0 aromatic heterocycles. The Bertz CT molecular complexity index is 251. The van der Waals surface area contributed by atoms with Crippen LogP contribution in [0.15, 0.2) is 0 Å². The van der Waals surface area contributed by atoms with Crippen molar-refractivity contribution < 1.29 is 19.0 Å². The molecule has 0 aliphatic carbocycles. The van der Waals surface area contributed by atoms with Crippen LogP contribution in [0, 0.1) is 0 Å². The van der Waals surface area contributed by atoms with Crippen LogP contribution >= 0.6 is 11.6 Å². The van der Waals surface area contributed by atoms with Crippen molar-refractivity contribution in [3.05, 3.63) is 0 Å². The molecule has 0 aromatic rings.